The zero-order valence-electron chi connectivity index (χ0n) is 12.2. The molecule has 0 aliphatic heterocycles. The third-order valence-electron chi connectivity index (χ3n) is 3.85. The molecule has 1 aliphatic carbocycles. The highest BCUT2D eigenvalue weighted by molar-refractivity contribution is 7.89. The van der Waals surface area contributed by atoms with Gasteiger partial charge < -0.3 is 5.32 Å². The Bertz CT molecular complexity index is 694. The molecule has 0 radical (unpaired) electrons. The van der Waals surface area contributed by atoms with Crippen LogP contribution in [-0.2, 0) is 10.0 Å². The number of amides is 1. The zero-order chi connectivity index (χ0) is 16.0. The smallest absolute Gasteiger partial charge is 0.254 e. The zero-order valence-corrected chi connectivity index (χ0v) is 13.1. The Hall–Kier alpha value is -1.47. The maximum atomic E-state index is 14.0. The van der Waals surface area contributed by atoms with Gasteiger partial charge in [-0.3, -0.25) is 4.79 Å². The fraction of sp³-hybridized carbons (Fsp3) is 0.500. The number of nitrogens with one attached hydrogen (secondary N) is 1. The highest BCUT2D eigenvalue weighted by Crippen LogP contribution is 2.39. The second-order valence-corrected chi connectivity index (χ2v) is 7.62. The van der Waals surface area contributed by atoms with Crippen molar-refractivity contribution in [2.24, 2.45) is 11.1 Å². The number of aryl methyl sites for hydroxylation is 1. The number of hydrogen-bond acceptors (Lipinski definition) is 3. The van der Waals surface area contributed by atoms with Gasteiger partial charge in [-0.25, -0.2) is 17.9 Å². The van der Waals surface area contributed by atoms with Crippen molar-refractivity contribution in [2.45, 2.75) is 44.0 Å². The van der Waals surface area contributed by atoms with E-state index in [1.165, 1.54) is 6.92 Å². The fourth-order valence-electron chi connectivity index (χ4n) is 2.40. The molecule has 116 valence electrons. The van der Waals surface area contributed by atoms with Gasteiger partial charge in [-0.1, -0.05) is 0 Å². The summed E-state index contributed by atoms with van der Waals surface area (Å²) in [4.78, 5) is 12.0. The van der Waals surface area contributed by atoms with Gasteiger partial charge in [0, 0.05) is 5.54 Å². The first-order chi connectivity index (χ1) is 9.52. The van der Waals surface area contributed by atoms with Crippen LogP contribution in [0.15, 0.2) is 17.0 Å². The van der Waals surface area contributed by atoms with Crippen LogP contribution in [0.3, 0.4) is 0 Å². The van der Waals surface area contributed by atoms with Crippen molar-refractivity contribution in [2.75, 3.05) is 0 Å². The Balaban J connectivity index is 2.37. The lowest BCUT2D eigenvalue weighted by Crippen LogP contribution is -2.45. The highest BCUT2D eigenvalue weighted by atomic mass is 32.2. The number of nitrogens with two attached hydrogens (primary N) is 1. The van der Waals surface area contributed by atoms with Crippen LogP contribution in [0.2, 0.25) is 0 Å². The summed E-state index contributed by atoms with van der Waals surface area (Å²) in [7, 11) is -4.00. The van der Waals surface area contributed by atoms with Gasteiger partial charge in [0.1, 0.15) is 5.82 Å². The van der Waals surface area contributed by atoms with Crippen molar-refractivity contribution in [1.82, 2.24) is 5.32 Å². The molecule has 1 aromatic rings. The van der Waals surface area contributed by atoms with Crippen LogP contribution in [0, 0.1) is 18.7 Å². The van der Waals surface area contributed by atoms with E-state index in [-0.39, 0.29) is 16.0 Å². The molecule has 1 aliphatic rings. The lowest BCUT2D eigenvalue weighted by molar-refractivity contribution is 0.0899. The van der Waals surface area contributed by atoms with Crippen LogP contribution < -0.4 is 10.5 Å². The van der Waals surface area contributed by atoms with Crippen molar-refractivity contribution in [3.05, 3.63) is 29.1 Å². The van der Waals surface area contributed by atoms with E-state index in [2.05, 4.69) is 5.32 Å². The monoisotopic (exact) mass is 314 g/mol. The van der Waals surface area contributed by atoms with E-state index in [1.807, 2.05) is 13.8 Å². The largest absolute Gasteiger partial charge is 0.347 e. The minimum absolute atomic E-state index is 0.174. The van der Waals surface area contributed by atoms with Crippen LogP contribution in [0.25, 0.3) is 0 Å². The molecule has 5 nitrogen and oxygen atoms in total. The van der Waals surface area contributed by atoms with E-state index in [1.54, 1.807) is 0 Å². The van der Waals surface area contributed by atoms with Crippen LogP contribution in [0.1, 0.15) is 42.6 Å². The Morgan fingerprint density at radius 2 is 1.95 bits per heavy atom. The van der Waals surface area contributed by atoms with Crippen LogP contribution in [-0.4, -0.2) is 19.9 Å². The van der Waals surface area contributed by atoms with Gasteiger partial charge in [0.2, 0.25) is 10.0 Å². The second-order valence-electron chi connectivity index (χ2n) is 6.09. The number of sulfonamides is 1. The SMILES string of the molecule is Cc1cc(F)c(C(=O)NC(C)(C)C2CC2)cc1S(N)(=O)=O. The predicted octanol–water partition coefficient (Wildman–Crippen LogP) is 1.70. The molecule has 3 N–H and O–H groups in total. The van der Waals surface area contributed by atoms with Gasteiger partial charge in [-0.2, -0.15) is 0 Å². The molecule has 1 aromatic carbocycles. The summed E-state index contributed by atoms with van der Waals surface area (Å²) in [6.07, 6.45) is 2.04. The number of carbonyl (C=O) groups is 1. The third kappa shape index (κ3) is 3.41. The summed E-state index contributed by atoms with van der Waals surface area (Å²) >= 11 is 0. The van der Waals surface area contributed by atoms with Gasteiger partial charge in [-0.15, -0.1) is 0 Å². The molecule has 0 aromatic heterocycles. The number of carbonyl (C=O) groups excluding carboxylic acids is 1. The van der Waals surface area contributed by atoms with E-state index < -0.39 is 27.3 Å². The van der Waals surface area contributed by atoms with Crippen LogP contribution in [0.5, 0.6) is 0 Å². The first-order valence-electron chi connectivity index (χ1n) is 6.68. The molecule has 0 saturated heterocycles. The molecule has 0 atom stereocenters. The van der Waals surface area contributed by atoms with Crippen LogP contribution in [0.4, 0.5) is 4.39 Å². The standard InChI is InChI=1S/C14H19FN2O3S/c1-8-6-11(15)10(7-12(8)21(16,19)20)13(18)17-14(2,3)9-4-5-9/h6-7,9H,4-5H2,1-3H3,(H,17,18)(H2,16,19,20). The first-order valence-corrected chi connectivity index (χ1v) is 8.22. The maximum absolute atomic E-state index is 14.0. The van der Waals surface area contributed by atoms with Gasteiger partial charge in [0.25, 0.3) is 5.91 Å². The maximum Gasteiger partial charge on any atom is 0.254 e. The molecule has 21 heavy (non-hydrogen) atoms. The van der Waals surface area contributed by atoms with Crippen molar-refractivity contribution in [3.8, 4) is 0 Å². The minimum atomic E-state index is -4.00. The lowest BCUT2D eigenvalue weighted by atomic mass is 9.98. The number of halogens is 1. The lowest BCUT2D eigenvalue weighted by Gasteiger charge is -2.26. The Morgan fingerprint density at radius 3 is 2.43 bits per heavy atom. The predicted molar refractivity (Wildman–Crippen MR) is 76.8 cm³/mol. The molecule has 1 amide bonds. The molecule has 2 rings (SSSR count). The second kappa shape index (κ2) is 5.06. The Labute approximate surface area is 123 Å². The molecule has 0 bridgehead atoms. The molecule has 0 heterocycles. The number of hydrogen-bond donors (Lipinski definition) is 2. The summed E-state index contributed by atoms with van der Waals surface area (Å²) in [6.45, 7) is 5.17. The van der Waals surface area contributed by atoms with Crippen molar-refractivity contribution in [3.63, 3.8) is 0 Å². The van der Waals surface area contributed by atoms with Crippen molar-refractivity contribution < 1.29 is 17.6 Å². The topological polar surface area (TPSA) is 89.3 Å². The molecule has 7 heteroatoms. The average molecular weight is 314 g/mol. The summed E-state index contributed by atoms with van der Waals surface area (Å²) in [5.41, 5.74) is -0.581. The number of rotatable bonds is 4. The molecular formula is C14H19FN2O3S. The summed E-state index contributed by atoms with van der Waals surface area (Å²) in [6, 6.07) is 2.01. The molecular weight excluding hydrogens is 295 g/mol. The van der Waals surface area contributed by atoms with Gasteiger partial charge in [-0.05, 0) is 57.2 Å². The molecule has 0 unspecified atom stereocenters. The Kier molecular flexibility index (Phi) is 3.84. The van der Waals surface area contributed by atoms with E-state index >= 15 is 0 Å². The van der Waals surface area contributed by atoms with Gasteiger partial charge in [0.05, 0.1) is 10.5 Å². The van der Waals surface area contributed by atoms with Gasteiger partial charge >= 0.3 is 0 Å². The average Bonchev–Trinajstić information content (AvgIpc) is 3.09. The van der Waals surface area contributed by atoms with E-state index in [0.717, 1.165) is 25.0 Å². The fourth-order valence-corrected chi connectivity index (χ4v) is 3.19. The Morgan fingerprint density at radius 1 is 1.38 bits per heavy atom. The van der Waals surface area contributed by atoms with E-state index in [9.17, 15) is 17.6 Å². The molecule has 1 saturated carbocycles. The quantitative estimate of drug-likeness (QED) is 0.886. The highest BCUT2D eigenvalue weighted by Gasteiger charge is 2.39. The van der Waals surface area contributed by atoms with Crippen molar-refractivity contribution in [1.29, 1.82) is 0 Å². The minimum Gasteiger partial charge on any atom is -0.347 e. The normalized spacial score (nSPS) is 15.9. The van der Waals surface area contributed by atoms with E-state index in [4.69, 9.17) is 5.14 Å². The van der Waals surface area contributed by atoms with E-state index in [0.29, 0.717) is 5.92 Å². The number of benzene rings is 1. The molecule has 1 fully saturated rings. The summed E-state index contributed by atoms with van der Waals surface area (Å²) in [5, 5.41) is 7.84. The number of primary sulfonamides is 1. The molecule has 0 spiro atoms. The third-order valence-corrected chi connectivity index (χ3v) is 4.90. The van der Waals surface area contributed by atoms with Crippen molar-refractivity contribution >= 4 is 15.9 Å². The summed E-state index contributed by atoms with van der Waals surface area (Å²) in [5.74, 6) is -1.02. The first kappa shape index (κ1) is 15.9. The summed E-state index contributed by atoms with van der Waals surface area (Å²) < 4.78 is 36.9. The van der Waals surface area contributed by atoms with Crippen LogP contribution >= 0.6 is 0 Å². The van der Waals surface area contributed by atoms with Gasteiger partial charge in [0.15, 0.2) is 0 Å².